The first-order valence-electron chi connectivity index (χ1n) is 4.50. The maximum atomic E-state index is 8.91. The quantitative estimate of drug-likeness (QED) is 0.595. The summed E-state index contributed by atoms with van der Waals surface area (Å²) in [6.45, 7) is 0. The minimum atomic E-state index is 0.0924. The molecule has 0 bridgehead atoms. The molecule has 2 aromatic heterocycles. The second-order valence-electron chi connectivity index (χ2n) is 3.28. The van der Waals surface area contributed by atoms with Gasteiger partial charge in [0.05, 0.1) is 11.3 Å². The number of aromatic nitrogens is 2. The highest BCUT2D eigenvalue weighted by Crippen LogP contribution is 2.25. The Labute approximate surface area is 101 Å². The van der Waals surface area contributed by atoms with Crippen LogP contribution in [0.5, 0.6) is 0 Å². The Kier molecular flexibility index (Phi) is 2.39. The predicted molar refractivity (Wildman–Crippen MR) is 65.2 cm³/mol. The first-order valence-corrected chi connectivity index (χ1v) is 4.91. The van der Waals surface area contributed by atoms with E-state index in [9.17, 15) is 0 Å². The number of nitrogens with one attached hydrogen (secondary N) is 1. The second kappa shape index (κ2) is 3.74. The number of fused-ring (bicyclic) bond motifs is 1. The Morgan fingerprint density at radius 1 is 1.29 bits per heavy atom. The summed E-state index contributed by atoms with van der Waals surface area (Å²) in [7, 11) is 0. The van der Waals surface area contributed by atoms with Crippen LogP contribution in [0.3, 0.4) is 0 Å². The Balaban J connectivity index is 3.01. The van der Waals surface area contributed by atoms with Gasteiger partial charge in [-0.1, -0.05) is 12.2 Å². The van der Waals surface area contributed by atoms with Gasteiger partial charge in [-0.15, -0.1) is 0 Å². The van der Waals surface area contributed by atoms with Crippen molar-refractivity contribution in [3.8, 4) is 12.1 Å². The van der Waals surface area contributed by atoms with Gasteiger partial charge in [0.25, 0.3) is 0 Å². The van der Waals surface area contributed by atoms with E-state index in [0.717, 1.165) is 0 Å². The standard InChI is InChI=1S/C10H6N6S/c11-2-4-1-5-7(13)6(3-12)10(17)16-9(5)15-8(4)14/h1H,(H5,13,14,15,16,17). The smallest absolute Gasteiger partial charge is 0.143 e. The van der Waals surface area contributed by atoms with Crippen LogP contribution in [0.25, 0.3) is 11.0 Å². The van der Waals surface area contributed by atoms with E-state index in [1.54, 1.807) is 0 Å². The number of aromatic amines is 1. The van der Waals surface area contributed by atoms with Crippen molar-refractivity contribution >= 4 is 34.8 Å². The van der Waals surface area contributed by atoms with Crippen LogP contribution in [0.4, 0.5) is 11.5 Å². The van der Waals surface area contributed by atoms with Crippen molar-refractivity contribution in [2.45, 2.75) is 0 Å². The average Bonchev–Trinajstić information content (AvgIpc) is 2.29. The third-order valence-corrected chi connectivity index (χ3v) is 2.61. The van der Waals surface area contributed by atoms with E-state index in [1.165, 1.54) is 6.07 Å². The molecule has 0 spiro atoms. The molecule has 0 saturated heterocycles. The Hall–Kier alpha value is -2.64. The van der Waals surface area contributed by atoms with Crippen molar-refractivity contribution in [1.82, 2.24) is 9.97 Å². The van der Waals surface area contributed by atoms with Gasteiger partial charge >= 0.3 is 0 Å². The molecule has 5 N–H and O–H groups in total. The van der Waals surface area contributed by atoms with Crippen molar-refractivity contribution in [2.75, 3.05) is 11.5 Å². The Morgan fingerprint density at radius 2 is 2.00 bits per heavy atom. The van der Waals surface area contributed by atoms with Gasteiger partial charge in [0, 0.05) is 5.39 Å². The molecular weight excluding hydrogens is 236 g/mol. The second-order valence-corrected chi connectivity index (χ2v) is 3.69. The highest BCUT2D eigenvalue weighted by molar-refractivity contribution is 7.71. The fraction of sp³-hybridized carbons (Fsp3) is 0. The molecule has 82 valence electrons. The minimum Gasteiger partial charge on any atom is -0.397 e. The molecule has 2 heterocycles. The molecule has 0 atom stereocenters. The highest BCUT2D eigenvalue weighted by Gasteiger charge is 2.11. The van der Waals surface area contributed by atoms with Crippen LogP contribution < -0.4 is 11.5 Å². The van der Waals surface area contributed by atoms with E-state index in [2.05, 4.69) is 9.97 Å². The van der Waals surface area contributed by atoms with Crippen LogP contribution in [0.1, 0.15) is 11.1 Å². The average molecular weight is 242 g/mol. The van der Waals surface area contributed by atoms with Crippen molar-refractivity contribution in [3.63, 3.8) is 0 Å². The number of anilines is 2. The van der Waals surface area contributed by atoms with Gasteiger partial charge in [-0.25, -0.2) is 4.98 Å². The van der Waals surface area contributed by atoms with Crippen LogP contribution in [0, 0.1) is 27.3 Å². The van der Waals surface area contributed by atoms with Gasteiger partial charge in [-0.3, -0.25) is 0 Å². The van der Waals surface area contributed by atoms with Crippen LogP contribution in [0.15, 0.2) is 6.07 Å². The lowest BCUT2D eigenvalue weighted by Crippen LogP contribution is -2.01. The maximum absolute atomic E-state index is 8.91. The molecule has 17 heavy (non-hydrogen) atoms. The number of hydrogen-bond acceptors (Lipinski definition) is 6. The first kappa shape index (κ1) is 10.9. The van der Waals surface area contributed by atoms with Gasteiger partial charge < -0.3 is 16.5 Å². The highest BCUT2D eigenvalue weighted by atomic mass is 32.1. The maximum Gasteiger partial charge on any atom is 0.143 e. The summed E-state index contributed by atoms with van der Waals surface area (Å²) in [5.74, 6) is 0.0924. The fourth-order valence-corrected chi connectivity index (χ4v) is 1.71. The van der Waals surface area contributed by atoms with Gasteiger partial charge in [0.1, 0.15) is 33.8 Å². The van der Waals surface area contributed by atoms with Crippen LogP contribution in [0.2, 0.25) is 0 Å². The molecule has 0 aromatic carbocycles. The molecule has 0 radical (unpaired) electrons. The Morgan fingerprint density at radius 3 is 2.59 bits per heavy atom. The topological polar surface area (TPSA) is 128 Å². The number of nitrogen functional groups attached to an aromatic ring is 2. The van der Waals surface area contributed by atoms with Crippen molar-refractivity contribution < 1.29 is 0 Å². The SMILES string of the molecule is N#Cc1cc2c(N)c(C#N)c(=S)[nH]c2nc1N. The summed E-state index contributed by atoms with van der Waals surface area (Å²) in [4.78, 5) is 6.74. The van der Waals surface area contributed by atoms with E-state index in [1.807, 2.05) is 12.1 Å². The molecule has 0 unspecified atom stereocenters. The molecule has 0 amide bonds. The lowest BCUT2D eigenvalue weighted by molar-refractivity contribution is 1.25. The molecule has 2 aromatic rings. The van der Waals surface area contributed by atoms with Gasteiger partial charge in [-0.2, -0.15) is 10.5 Å². The summed E-state index contributed by atoms with van der Waals surface area (Å²) in [5.41, 5.74) is 12.3. The molecule has 2 rings (SSSR count). The third-order valence-electron chi connectivity index (χ3n) is 2.30. The van der Waals surface area contributed by atoms with Gasteiger partial charge in [0.15, 0.2) is 0 Å². The fourth-order valence-electron chi connectivity index (χ4n) is 1.46. The van der Waals surface area contributed by atoms with Crippen LogP contribution >= 0.6 is 12.2 Å². The van der Waals surface area contributed by atoms with E-state index >= 15 is 0 Å². The molecular formula is C10H6N6S. The zero-order valence-electron chi connectivity index (χ0n) is 8.48. The summed E-state index contributed by atoms with van der Waals surface area (Å²) in [5, 5.41) is 18.2. The van der Waals surface area contributed by atoms with Gasteiger partial charge in [0.2, 0.25) is 0 Å². The number of hydrogen-bond donors (Lipinski definition) is 3. The minimum absolute atomic E-state index is 0.0924. The molecule has 0 aliphatic heterocycles. The first-order chi connectivity index (χ1) is 8.08. The van der Waals surface area contributed by atoms with Crippen molar-refractivity contribution in [2.24, 2.45) is 0 Å². The lowest BCUT2D eigenvalue weighted by Gasteiger charge is -2.05. The summed E-state index contributed by atoms with van der Waals surface area (Å²) in [6, 6.07) is 5.29. The molecule has 6 nitrogen and oxygen atoms in total. The van der Waals surface area contributed by atoms with Crippen LogP contribution in [-0.2, 0) is 0 Å². The normalized spacial score (nSPS) is 9.76. The van der Waals surface area contributed by atoms with Gasteiger partial charge in [-0.05, 0) is 6.07 Å². The van der Waals surface area contributed by atoms with Crippen molar-refractivity contribution in [3.05, 3.63) is 21.8 Å². The molecule has 0 aliphatic carbocycles. The number of nitrogens with zero attached hydrogens (tertiary/aromatic N) is 3. The van der Waals surface area contributed by atoms with Crippen LogP contribution in [-0.4, -0.2) is 9.97 Å². The van der Waals surface area contributed by atoms with E-state index < -0.39 is 0 Å². The molecule has 0 saturated carbocycles. The molecule has 0 fully saturated rings. The van der Waals surface area contributed by atoms with E-state index in [0.29, 0.717) is 11.0 Å². The number of H-pyrrole nitrogens is 1. The Bertz CT molecular complexity index is 761. The molecule has 0 aliphatic rings. The van der Waals surface area contributed by atoms with E-state index in [4.69, 9.17) is 34.2 Å². The number of pyridine rings is 2. The van der Waals surface area contributed by atoms with E-state index in [-0.39, 0.29) is 27.3 Å². The monoisotopic (exact) mass is 242 g/mol. The number of nitriles is 2. The molecule has 7 heteroatoms. The summed E-state index contributed by atoms with van der Waals surface area (Å²) < 4.78 is 0.203. The summed E-state index contributed by atoms with van der Waals surface area (Å²) >= 11 is 4.97. The number of rotatable bonds is 0. The zero-order chi connectivity index (χ0) is 12.6. The predicted octanol–water partition coefficient (Wildman–Crippen LogP) is 1.20. The number of nitrogens with two attached hydrogens (primary N) is 2. The zero-order valence-corrected chi connectivity index (χ0v) is 9.30. The van der Waals surface area contributed by atoms with Crippen molar-refractivity contribution in [1.29, 1.82) is 10.5 Å². The third kappa shape index (κ3) is 1.55. The summed E-state index contributed by atoms with van der Waals surface area (Å²) in [6.07, 6.45) is 0. The lowest BCUT2D eigenvalue weighted by atomic mass is 10.1. The largest absolute Gasteiger partial charge is 0.397 e.